The summed E-state index contributed by atoms with van der Waals surface area (Å²) in [7, 11) is 1.95. The van der Waals surface area contributed by atoms with Crippen molar-refractivity contribution < 1.29 is 4.39 Å². The van der Waals surface area contributed by atoms with E-state index in [9.17, 15) is 4.39 Å². The fourth-order valence-corrected chi connectivity index (χ4v) is 1.79. The first-order valence-corrected chi connectivity index (χ1v) is 5.20. The zero-order chi connectivity index (χ0) is 10.7. The van der Waals surface area contributed by atoms with Gasteiger partial charge in [0.2, 0.25) is 0 Å². The topological polar surface area (TPSA) is 17.0 Å². The summed E-state index contributed by atoms with van der Waals surface area (Å²) in [4.78, 5) is 0. The SMILES string of the molecule is CNCCCn1ccc2cc(F)ccc21. The minimum atomic E-state index is -0.171. The lowest BCUT2D eigenvalue weighted by molar-refractivity contribution is 0.623. The van der Waals surface area contributed by atoms with E-state index in [4.69, 9.17) is 0 Å². The number of hydrogen-bond acceptors (Lipinski definition) is 1. The van der Waals surface area contributed by atoms with Crippen molar-refractivity contribution in [3.63, 3.8) is 0 Å². The van der Waals surface area contributed by atoms with Crippen LogP contribution in [0.3, 0.4) is 0 Å². The number of benzene rings is 1. The van der Waals surface area contributed by atoms with E-state index in [-0.39, 0.29) is 5.82 Å². The van der Waals surface area contributed by atoms with Crippen LogP contribution in [-0.2, 0) is 6.54 Å². The highest BCUT2D eigenvalue weighted by atomic mass is 19.1. The van der Waals surface area contributed by atoms with Crippen molar-refractivity contribution in [2.24, 2.45) is 0 Å². The Morgan fingerprint density at radius 2 is 2.20 bits per heavy atom. The van der Waals surface area contributed by atoms with Gasteiger partial charge in [-0.1, -0.05) is 0 Å². The third-order valence-electron chi connectivity index (χ3n) is 2.56. The van der Waals surface area contributed by atoms with Crippen LogP contribution in [0.15, 0.2) is 30.5 Å². The maximum absolute atomic E-state index is 12.9. The second-order valence-corrected chi connectivity index (χ2v) is 3.67. The lowest BCUT2D eigenvalue weighted by atomic mass is 10.2. The smallest absolute Gasteiger partial charge is 0.123 e. The van der Waals surface area contributed by atoms with Crippen molar-refractivity contribution in [2.75, 3.05) is 13.6 Å². The first-order valence-electron chi connectivity index (χ1n) is 5.20. The molecule has 1 aromatic carbocycles. The normalized spacial score (nSPS) is 11.1. The lowest BCUT2D eigenvalue weighted by Gasteiger charge is -2.04. The minimum absolute atomic E-state index is 0.171. The Balaban J connectivity index is 2.21. The summed E-state index contributed by atoms with van der Waals surface area (Å²) in [6, 6.07) is 6.88. The molecule has 2 nitrogen and oxygen atoms in total. The molecule has 15 heavy (non-hydrogen) atoms. The van der Waals surface area contributed by atoms with Crippen molar-refractivity contribution in [2.45, 2.75) is 13.0 Å². The van der Waals surface area contributed by atoms with Crippen molar-refractivity contribution in [3.05, 3.63) is 36.3 Å². The van der Waals surface area contributed by atoms with E-state index in [2.05, 4.69) is 9.88 Å². The van der Waals surface area contributed by atoms with Crippen molar-refractivity contribution in [1.29, 1.82) is 0 Å². The van der Waals surface area contributed by atoms with Gasteiger partial charge in [-0.05, 0) is 44.3 Å². The highest BCUT2D eigenvalue weighted by Crippen LogP contribution is 2.17. The Morgan fingerprint density at radius 1 is 1.33 bits per heavy atom. The number of aromatic nitrogens is 1. The molecule has 0 saturated heterocycles. The molecule has 0 radical (unpaired) electrons. The van der Waals surface area contributed by atoms with E-state index in [1.165, 1.54) is 6.07 Å². The van der Waals surface area contributed by atoms with E-state index in [0.717, 1.165) is 30.4 Å². The average molecular weight is 206 g/mol. The van der Waals surface area contributed by atoms with E-state index in [1.807, 2.05) is 25.4 Å². The van der Waals surface area contributed by atoms with Gasteiger partial charge in [-0.15, -0.1) is 0 Å². The molecular weight excluding hydrogens is 191 g/mol. The predicted molar refractivity (Wildman–Crippen MR) is 60.4 cm³/mol. The van der Waals surface area contributed by atoms with Gasteiger partial charge in [0.15, 0.2) is 0 Å². The van der Waals surface area contributed by atoms with Gasteiger partial charge >= 0.3 is 0 Å². The van der Waals surface area contributed by atoms with Crippen LogP contribution in [0, 0.1) is 5.82 Å². The summed E-state index contributed by atoms with van der Waals surface area (Å²) in [5.74, 6) is -0.171. The third kappa shape index (κ3) is 2.18. The summed E-state index contributed by atoms with van der Waals surface area (Å²) >= 11 is 0. The molecule has 0 aliphatic carbocycles. The fourth-order valence-electron chi connectivity index (χ4n) is 1.79. The van der Waals surface area contributed by atoms with Gasteiger partial charge in [0.05, 0.1) is 0 Å². The van der Waals surface area contributed by atoms with E-state index >= 15 is 0 Å². The quantitative estimate of drug-likeness (QED) is 0.760. The van der Waals surface area contributed by atoms with E-state index in [1.54, 1.807) is 6.07 Å². The van der Waals surface area contributed by atoms with Gasteiger partial charge in [0, 0.05) is 23.6 Å². The molecule has 1 N–H and O–H groups in total. The van der Waals surface area contributed by atoms with Gasteiger partial charge in [-0.2, -0.15) is 0 Å². The van der Waals surface area contributed by atoms with Crippen molar-refractivity contribution in [3.8, 4) is 0 Å². The largest absolute Gasteiger partial charge is 0.347 e. The van der Waals surface area contributed by atoms with Crippen LogP contribution >= 0.6 is 0 Å². The van der Waals surface area contributed by atoms with Gasteiger partial charge in [0.1, 0.15) is 5.82 Å². The maximum atomic E-state index is 12.9. The summed E-state index contributed by atoms with van der Waals surface area (Å²) in [6.07, 6.45) is 3.09. The summed E-state index contributed by atoms with van der Waals surface area (Å²) in [5, 5.41) is 4.09. The van der Waals surface area contributed by atoms with E-state index < -0.39 is 0 Å². The van der Waals surface area contributed by atoms with Crippen LogP contribution in [-0.4, -0.2) is 18.2 Å². The molecule has 0 saturated carbocycles. The molecule has 3 heteroatoms. The molecule has 2 aromatic rings. The van der Waals surface area contributed by atoms with Crippen LogP contribution in [0.1, 0.15) is 6.42 Å². The van der Waals surface area contributed by atoms with Crippen molar-refractivity contribution in [1.82, 2.24) is 9.88 Å². The molecule has 0 aliphatic heterocycles. The van der Waals surface area contributed by atoms with Gasteiger partial charge in [-0.25, -0.2) is 4.39 Å². The number of aryl methyl sites for hydroxylation is 1. The molecule has 0 spiro atoms. The highest BCUT2D eigenvalue weighted by molar-refractivity contribution is 5.80. The van der Waals surface area contributed by atoms with Gasteiger partial charge in [0.25, 0.3) is 0 Å². The summed E-state index contributed by atoms with van der Waals surface area (Å²) in [6.45, 7) is 1.97. The fraction of sp³-hybridized carbons (Fsp3) is 0.333. The number of hydrogen-bond donors (Lipinski definition) is 1. The monoisotopic (exact) mass is 206 g/mol. The van der Waals surface area contributed by atoms with Gasteiger partial charge < -0.3 is 9.88 Å². The van der Waals surface area contributed by atoms with Gasteiger partial charge in [-0.3, -0.25) is 0 Å². The first-order chi connectivity index (χ1) is 7.31. The molecule has 0 amide bonds. The molecule has 1 heterocycles. The molecule has 0 bridgehead atoms. The Kier molecular flexibility index (Phi) is 3.02. The molecule has 0 unspecified atom stereocenters. The Hall–Kier alpha value is -1.35. The van der Waals surface area contributed by atoms with Crippen LogP contribution in [0.4, 0.5) is 4.39 Å². The van der Waals surface area contributed by atoms with Crippen molar-refractivity contribution >= 4 is 10.9 Å². The molecule has 80 valence electrons. The summed E-state index contributed by atoms with van der Waals surface area (Å²) < 4.78 is 15.1. The Labute approximate surface area is 88.7 Å². The number of rotatable bonds is 4. The minimum Gasteiger partial charge on any atom is -0.347 e. The number of nitrogens with one attached hydrogen (secondary N) is 1. The van der Waals surface area contributed by atoms with Crippen LogP contribution in [0.5, 0.6) is 0 Å². The summed E-state index contributed by atoms with van der Waals surface area (Å²) in [5.41, 5.74) is 1.10. The zero-order valence-electron chi connectivity index (χ0n) is 8.83. The van der Waals surface area contributed by atoms with Crippen LogP contribution < -0.4 is 5.32 Å². The number of nitrogens with zero attached hydrogens (tertiary/aromatic N) is 1. The lowest BCUT2D eigenvalue weighted by Crippen LogP contribution is -2.10. The van der Waals surface area contributed by atoms with Crippen LogP contribution in [0.2, 0.25) is 0 Å². The average Bonchev–Trinajstić information content (AvgIpc) is 2.61. The Morgan fingerprint density at radius 3 is 3.00 bits per heavy atom. The molecule has 0 fully saturated rings. The third-order valence-corrected chi connectivity index (χ3v) is 2.56. The second-order valence-electron chi connectivity index (χ2n) is 3.67. The van der Waals surface area contributed by atoms with E-state index in [0.29, 0.717) is 0 Å². The number of fused-ring (bicyclic) bond motifs is 1. The predicted octanol–water partition coefficient (Wildman–Crippen LogP) is 2.39. The number of halogens is 1. The second kappa shape index (κ2) is 4.45. The first kappa shape index (κ1) is 10.2. The molecule has 0 aliphatic rings. The Bertz CT molecular complexity index is 448. The molecule has 0 atom stereocenters. The molecule has 2 rings (SSSR count). The van der Waals surface area contributed by atoms with Crippen LogP contribution in [0.25, 0.3) is 10.9 Å². The molecular formula is C12H15FN2. The standard InChI is InChI=1S/C12H15FN2/c1-14-6-2-7-15-8-5-10-9-11(13)3-4-12(10)15/h3-5,8-9,14H,2,6-7H2,1H3. The maximum Gasteiger partial charge on any atom is 0.123 e. The highest BCUT2D eigenvalue weighted by Gasteiger charge is 2.01. The zero-order valence-corrected chi connectivity index (χ0v) is 8.83. The molecule has 1 aromatic heterocycles.